The number of amides is 1. The van der Waals surface area contributed by atoms with Crippen molar-refractivity contribution in [2.24, 2.45) is 0 Å². The van der Waals surface area contributed by atoms with Gasteiger partial charge in [0.15, 0.2) is 0 Å². The van der Waals surface area contributed by atoms with E-state index in [0.29, 0.717) is 5.56 Å². The Hall–Kier alpha value is -2.39. The third-order valence-corrected chi connectivity index (χ3v) is 8.39. The molecule has 0 radical (unpaired) electrons. The van der Waals surface area contributed by atoms with Gasteiger partial charge in [-0.05, 0) is 92.5 Å². The van der Waals surface area contributed by atoms with Gasteiger partial charge in [0.25, 0.3) is 0 Å². The lowest BCUT2D eigenvalue weighted by Crippen LogP contribution is -2.56. The quantitative estimate of drug-likeness (QED) is 0.356. The van der Waals surface area contributed by atoms with Crippen molar-refractivity contribution in [1.82, 2.24) is 20.9 Å². The average Bonchev–Trinajstić information content (AvgIpc) is 2.91. The zero-order chi connectivity index (χ0) is 28.8. The summed E-state index contributed by atoms with van der Waals surface area (Å²) in [5, 5.41) is 21.5. The number of carbonyl (C=O) groups excluding carboxylic acids is 1. The van der Waals surface area contributed by atoms with Crippen molar-refractivity contribution in [3.63, 3.8) is 0 Å². The minimum atomic E-state index is -0.964. The van der Waals surface area contributed by atoms with Crippen molar-refractivity contribution in [2.45, 2.75) is 82.4 Å². The molecule has 0 aromatic heterocycles. The van der Waals surface area contributed by atoms with Crippen LogP contribution < -0.4 is 16.0 Å². The molecule has 1 amide bonds. The highest BCUT2D eigenvalue weighted by Gasteiger charge is 2.35. The average molecular weight is 557 g/mol. The molecular formula is C32H46F2N4O2. The van der Waals surface area contributed by atoms with Gasteiger partial charge < -0.3 is 21.1 Å². The molecule has 2 fully saturated rings. The number of nitrogens with zero attached hydrogens (tertiary/aromatic N) is 1. The first kappa shape index (κ1) is 30.6. The predicted octanol–water partition coefficient (Wildman–Crippen LogP) is 4.00. The summed E-state index contributed by atoms with van der Waals surface area (Å²) in [6.45, 7) is 10.5. The van der Waals surface area contributed by atoms with Gasteiger partial charge in [0.1, 0.15) is 11.6 Å². The molecule has 8 heteroatoms. The number of aliphatic hydroxyl groups is 1. The van der Waals surface area contributed by atoms with Crippen LogP contribution in [0.15, 0.2) is 42.5 Å². The molecule has 0 bridgehead atoms. The lowest BCUT2D eigenvalue weighted by Gasteiger charge is -2.41. The molecule has 2 unspecified atom stereocenters. The first-order valence-electron chi connectivity index (χ1n) is 14.8. The Morgan fingerprint density at radius 2 is 1.73 bits per heavy atom. The number of rotatable bonds is 10. The van der Waals surface area contributed by atoms with E-state index in [1.165, 1.54) is 29.7 Å². The Kier molecular flexibility index (Phi) is 10.3. The van der Waals surface area contributed by atoms with E-state index in [1.54, 1.807) is 0 Å². The SMILES string of the molecule is CC(C)(C)c1cccc(C2(NCC(O)C(Cc3cc(F)cc(F)c3)NC(=O)CN3CCCCC3)CCNCC2)c1. The Balaban J connectivity index is 1.52. The van der Waals surface area contributed by atoms with Crippen LogP contribution in [0.4, 0.5) is 8.78 Å². The topological polar surface area (TPSA) is 76.6 Å². The number of halogens is 2. The fourth-order valence-corrected chi connectivity index (χ4v) is 5.99. The van der Waals surface area contributed by atoms with Crippen LogP contribution in [0.2, 0.25) is 0 Å². The first-order valence-corrected chi connectivity index (χ1v) is 14.8. The van der Waals surface area contributed by atoms with E-state index in [0.717, 1.165) is 57.9 Å². The molecule has 2 heterocycles. The highest BCUT2D eigenvalue weighted by Crippen LogP contribution is 2.34. The highest BCUT2D eigenvalue weighted by molar-refractivity contribution is 5.78. The second-order valence-corrected chi connectivity index (χ2v) is 12.6. The minimum absolute atomic E-state index is 0.00754. The Labute approximate surface area is 237 Å². The summed E-state index contributed by atoms with van der Waals surface area (Å²) in [7, 11) is 0. The van der Waals surface area contributed by atoms with E-state index >= 15 is 0 Å². The maximum atomic E-state index is 14.0. The molecule has 2 aliphatic heterocycles. The molecule has 2 aromatic rings. The van der Waals surface area contributed by atoms with Gasteiger partial charge in [0.2, 0.25) is 5.91 Å². The van der Waals surface area contributed by atoms with Crippen molar-refractivity contribution in [1.29, 1.82) is 0 Å². The number of piperidine rings is 2. The van der Waals surface area contributed by atoms with Crippen LogP contribution in [0.3, 0.4) is 0 Å². The number of likely N-dealkylation sites (tertiary alicyclic amines) is 1. The van der Waals surface area contributed by atoms with Crippen molar-refractivity contribution in [3.05, 3.63) is 70.8 Å². The van der Waals surface area contributed by atoms with Gasteiger partial charge in [-0.3, -0.25) is 9.69 Å². The molecule has 2 atom stereocenters. The third kappa shape index (κ3) is 8.32. The lowest BCUT2D eigenvalue weighted by molar-refractivity contribution is -0.124. The van der Waals surface area contributed by atoms with Crippen LogP contribution in [0.25, 0.3) is 0 Å². The summed E-state index contributed by atoms with van der Waals surface area (Å²) in [5.74, 6) is -1.53. The number of hydrogen-bond donors (Lipinski definition) is 4. The Morgan fingerprint density at radius 1 is 1.05 bits per heavy atom. The molecule has 2 aromatic carbocycles. The zero-order valence-corrected chi connectivity index (χ0v) is 24.2. The first-order chi connectivity index (χ1) is 19.0. The monoisotopic (exact) mass is 556 g/mol. The van der Waals surface area contributed by atoms with Gasteiger partial charge in [-0.15, -0.1) is 0 Å². The molecule has 220 valence electrons. The van der Waals surface area contributed by atoms with Crippen LogP contribution in [0, 0.1) is 11.6 Å². The van der Waals surface area contributed by atoms with E-state index in [-0.39, 0.29) is 36.4 Å². The largest absolute Gasteiger partial charge is 0.390 e. The normalized spacial score (nSPS) is 19.6. The van der Waals surface area contributed by atoms with Crippen LogP contribution in [0.5, 0.6) is 0 Å². The molecule has 2 aliphatic rings. The summed E-state index contributed by atoms with van der Waals surface area (Å²) in [4.78, 5) is 15.2. The smallest absolute Gasteiger partial charge is 0.234 e. The van der Waals surface area contributed by atoms with Gasteiger partial charge in [0, 0.05) is 18.2 Å². The van der Waals surface area contributed by atoms with Gasteiger partial charge in [-0.25, -0.2) is 8.78 Å². The number of nitrogens with one attached hydrogen (secondary N) is 3. The third-order valence-electron chi connectivity index (χ3n) is 8.39. The van der Waals surface area contributed by atoms with Gasteiger partial charge in [0.05, 0.1) is 18.7 Å². The lowest BCUT2D eigenvalue weighted by atomic mass is 9.78. The molecule has 4 N–H and O–H groups in total. The summed E-state index contributed by atoms with van der Waals surface area (Å²) in [5.41, 5.74) is 2.51. The molecule has 40 heavy (non-hydrogen) atoms. The molecular weight excluding hydrogens is 510 g/mol. The van der Waals surface area contributed by atoms with Gasteiger partial charge >= 0.3 is 0 Å². The zero-order valence-electron chi connectivity index (χ0n) is 24.2. The van der Waals surface area contributed by atoms with Crippen molar-refractivity contribution >= 4 is 5.91 Å². The molecule has 0 saturated carbocycles. The fraction of sp³-hybridized carbons (Fsp3) is 0.594. The molecule has 4 rings (SSSR count). The Bertz CT molecular complexity index is 1100. The van der Waals surface area contributed by atoms with E-state index < -0.39 is 23.8 Å². The van der Waals surface area contributed by atoms with E-state index in [1.807, 2.05) is 0 Å². The highest BCUT2D eigenvalue weighted by atomic mass is 19.1. The maximum Gasteiger partial charge on any atom is 0.234 e. The Morgan fingerprint density at radius 3 is 2.38 bits per heavy atom. The fourth-order valence-electron chi connectivity index (χ4n) is 5.99. The van der Waals surface area contributed by atoms with E-state index in [4.69, 9.17) is 0 Å². The second kappa shape index (κ2) is 13.5. The molecule has 0 aliphatic carbocycles. The predicted molar refractivity (Wildman–Crippen MR) is 155 cm³/mol. The van der Waals surface area contributed by atoms with Crippen LogP contribution in [0.1, 0.15) is 69.6 Å². The van der Waals surface area contributed by atoms with Crippen molar-refractivity contribution in [3.8, 4) is 0 Å². The molecule has 0 spiro atoms. The van der Waals surface area contributed by atoms with Crippen LogP contribution >= 0.6 is 0 Å². The summed E-state index contributed by atoms with van der Waals surface area (Å²) in [6.07, 6.45) is 4.18. The summed E-state index contributed by atoms with van der Waals surface area (Å²) >= 11 is 0. The van der Waals surface area contributed by atoms with Crippen LogP contribution in [-0.4, -0.2) is 67.3 Å². The maximum absolute atomic E-state index is 14.0. The molecule has 2 saturated heterocycles. The van der Waals surface area contributed by atoms with Crippen molar-refractivity contribution < 1.29 is 18.7 Å². The summed E-state index contributed by atoms with van der Waals surface area (Å²) in [6, 6.07) is 11.3. The van der Waals surface area contributed by atoms with Crippen LogP contribution in [-0.2, 0) is 22.2 Å². The number of carbonyl (C=O) groups is 1. The number of aliphatic hydroxyl groups excluding tert-OH is 1. The van der Waals surface area contributed by atoms with Gasteiger partial charge in [-0.2, -0.15) is 0 Å². The number of benzene rings is 2. The van der Waals surface area contributed by atoms with Crippen molar-refractivity contribution in [2.75, 3.05) is 39.3 Å². The standard InChI is InChI=1S/C32H46F2N4O2/c1-31(2,3)24-8-7-9-25(19-24)32(10-12-35-13-11-32)36-21-29(39)28(18-23-16-26(33)20-27(34)17-23)37-30(40)22-38-14-5-4-6-15-38/h7-9,16-17,19-20,28-29,35-36,39H,4-6,10-15,18,21-22H2,1-3H3,(H,37,40). The second-order valence-electron chi connectivity index (χ2n) is 12.6. The van der Waals surface area contributed by atoms with Gasteiger partial charge in [-0.1, -0.05) is 51.5 Å². The number of hydrogen-bond acceptors (Lipinski definition) is 5. The van der Waals surface area contributed by atoms with E-state index in [9.17, 15) is 18.7 Å². The summed E-state index contributed by atoms with van der Waals surface area (Å²) < 4.78 is 28.0. The van der Waals surface area contributed by atoms with E-state index in [2.05, 4.69) is 65.9 Å². The molecule has 6 nitrogen and oxygen atoms in total. The minimum Gasteiger partial charge on any atom is -0.390 e.